The summed E-state index contributed by atoms with van der Waals surface area (Å²) in [7, 11) is 0. The smallest absolute Gasteiger partial charge is 0.122 e. The van der Waals surface area contributed by atoms with Crippen molar-refractivity contribution >= 4 is 0 Å². The molecule has 3 rings (SSSR count). The molecule has 92 valence electrons. The monoisotopic (exact) mass is 232 g/mol. The summed E-state index contributed by atoms with van der Waals surface area (Å²) in [4.78, 5) is 0. The number of para-hydroxylation sites is 1. The third-order valence-electron chi connectivity index (χ3n) is 4.21. The fourth-order valence-corrected chi connectivity index (χ4v) is 3.33. The first-order valence-corrected chi connectivity index (χ1v) is 6.72. The van der Waals surface area contributed by atoms with Crippen LogP contribution in [-0.4, -0.2) is 17.8 Å². The molecule has 3 unspecified atom stereocenters. The van der Waals surface area contributed by atoms with Crippen LogP contribution in [-0.2, 0) is 0 Å². The molecule has 2 heteroatoms. The van der Waals surface area contributed by atoms with E-state index in [1.807, 2.05) is 6.07 Å². The number of hydrogen-bond donors (Lipinski definition) is 1. The first-order valence-electron chi connectivity index (χ1n) is 6.72. The van der Waals surface area contributed by atoms with Crippen LogP contribution in [0.15, 0.2) is 24.3 Å². The van der Waals surface area contributed by atoms with E-state index in [9.17, 15) is 5.11 Å². The topological polar surface area (TPSA) is 29.5 Å². The van der Waals surface area contributed by atoms with Crippen molar-refractivity contribution in [3.8, 4) is 5.75 Å². The van der Waals surface area contributed by atoms with E-state index >= 15 is 0 Å². The molecule has 0 radical (unpaired) electrons. The number of hydrogen-bond acceptors (Lipinski definition) is 2. The number of aliphatic hydroxyl groups excluding tert-OH is 1. The Kier molecular flexibility index (Phi) is 3.06. The predicted octanol–water partition coefficient (Wildman–Crippen LogP) is 3.10. The maximum absolute atomic E-state index is 9.60. The van der Waals surface area contributed by atoms with Gasteiger partial charge in [-0.2, -0.15) is 0 Å². The summed E-state index contributed by atoms with van der Waals surface area (Å²) in [6, 6.07) is 8.42. The van der Waals surface area contributed by atoms with Gasteiger partial charge in [0.05, 0.1) is 12.7 Å². The summed E-state index contributed by atoms with van der Waals surface area (Å²) >= 11 is 0. The highest BCUT2D eigenvalue weighted by Gasteiger charge is 2.28. The fraction of sp³-hybridized carbons (Fsp3) is 0.600. The van der Waals surface area contributed by atoms with Crippen LogP contribution in [0.4, 0.5) is 0 Å². The molecule has 0 spiro atoms. The molecule has 17 heavy (non-hydrogen) atoms. The fourth-order valence-electron chi connectivity index (χ4n) is 3.33. The van der Waals surface area contributed by atoms with Crippen molar-refractivity contribution < 1.29 is 9.84 Å². The number of rotatable bonds is 2. The third kappa shape index (κ3) is 2.32. The molecular weight excluding hydrogens is 212 g/mol. The summed E-state index contributed by atoms with van der Waals surface area (Å²) in [5.74, 6) is 2.42. The third-order valence-corrected chi connectivity index (χ3v) is 4.21. The van der Waals surface area contributed by atoms with Gasteiger partial charge in [0.1, 0.15) is 5.75 Å². The molecule has 1 saturated carbocycles. The zero-order valence-corrected chi connectivity index (χ0v) is 10.1. The van der Waals surface area contributed by atoms with Crippen molar-refractivity contribution in [1.82, 2.24) is 0 Å². The Balaban J connectivity index is 1.72. The van der Waals surface area contributed by atoms with E-state index in [-0.39, 0.29) is 6.10 Å². The van der Waals surface area contributed by atoms with Crippen LogP contribution in [0.25, 0.3) is 0 Å². The Bertz CT molecular complexity index is 388. The van der Waals surface area contributed by atoms with Crippen molar-refractivity contribution in [3.63, 3.8) is 0 Å². The average Bonchev–Trinajstić information content (AvgIpc) is 2.75. The van der Waals surface area contributed by atoms with Gasteiger partial charge in [-0.3, -0.25) is 0 Å². The molecule has 1 aromatic carbocycles. The van der Waals surface area contributed by atoms with Gasteiger partial charge in [-0.1, -0.05) is 18.2 Å². The summed E-state index contributed by atoms with van der Waals surface area (Å²) < 4.78 is 5.69. The standard InChI is InChI=1S/C15H20O2/c16-13-6-5-11(10-13)9-12-7-8-17-15-4-2-1-3-14(12)15/h1-4,11-13,16H,5-10H2. The molecule has 1 heterocycles. The van der Waals surface area contributed by atoms with Crippen LogP contribution in [0.5, 0.6) is 5.75 Å². The van der Waals surface area contributed by atoms with Gasteiger partial charge in [-0.05, 0) is 55.6 Å². The van der Waals surface area contributed by atoms with Crippen molar-refractivity contribution in [2.24, 2.45) is 5.92 Å². The maximum atomic E-state index is 9.60. The van der Waals surface area contributed by atoms with E-state index in [1.54, 1.807) is 0 Å². The summed E-state index contributed by atoms with van der Waals surface area (Å²) in [6.45, 7) is 0.844. The van der Waals surface area contributed by atoms with Crippen molar-refractivity contribution in [3.05, 3.63) is 29.8 Å². The number of benzene rings is 1. The van der Waals surface area contributed by atoms with Gasteiger partial charge in [0, 0.05) is 0 Å². The Labute approximate surface area is 103 Å². The van der Waals surface area contributed by atoms with E-state index in [0.717, 1.165) is 31.6 Å². The van der Waals surface area contributed by atoms with Gasteiger partial charge in [-0.25, -0.2) is 0 Å². The maximum Gasteiger partial charge on any atom is 0.122 e. The molecular formula is C15H20O2. The first kappa shape index (κ1) is 11.1. The Morgan fingerprint density at radius 2 is 2.06 bits per heavy atom. The molecule has 1 aliphatic carbocycles. The van der Waals surface area contributed by atoms with Gasteiger partial charge in [0.2, 0.25) is 0 Å². The molecule has 1 aliphatic heterocycles. The quantitative estimate of drug-likeness (QED) is 0.849. The normalized spacial score (nSPS) is 31.9. The molecule has 0 bridgehead atoms. The van der Waals surface area contributed by atoms with E-state index in [1.165, 1.54) is 18.4 Å². The first-order chi connectivity index (χ1) is 8.33. The summed E-state index contributed by atoms with van der Waals surface area (Å²) in [5, 5.41) is 9.60. The highest BCUT2D eigenvalue weighted by molar-refractivity contribution is 5.37. The molecule has 0 aromatic heterocycles. The zero-order chi connectivity index (χ0) is 11.7. The molecule has 1 N–H and O–H groups in total. The lowest BCUT2D eigenvalue weighted by Gasteiger charge is -2.27. The molecule has 1 aromatic rings. The van der Waals surface area contributed by atoms with Crippen molar-refractivity contribution in [2.75, 3.05) is 6.61 Å². The minimum absolute atomic E-state index is 0.0462. The number of aliphatic hydroxyl groups is 1. The molecule has 0 amide bonds. The second kappa shape index (κ2) is 4.69. The van der Waals surface area contributed by atoms with Crippen LogP contribution in [0, 0.1) is 5.92 Å². The van der Waals surface area contributed by atoms with Crippen molar-refractivity contribution in [1.29, 1.82) is 0 Å². The summed E-state index contributed by atoms with van der Waals surface area (Å²) in [6.07, 6.45) is 5.49. The molecule has 0 saturated heterocycles. The van der Waals surface area contributed by atoms with Crippen LogP contribution < -0.4 is 4.74 Å². The average molecular weight is 232 g/mol. The largest absolute Gasteiger partial charge is 0.493 e. The number of ether oxygens (including phenoxy) is 1. The Morgan fingerprint density at radius 3 is 2.88 bits per heavy atom. The zero-order valence-electron chi connectivity index (χ0n) is 10.1. The minimum atomic E-state index is -0.0462. The molecule has 2 aliphatic rings. The van der Waals surface area contributed by atoms with E-state index in [0.29, 0.717) is 11.8 Å². The Morgan fingerprint density at radius 1 is 1.18 bits per heavy atom. The van der Waals surface area contributed by atoms with E-state index in [2.05, 4.69) is 18.2 Å². The van der Waals surface area contributed by atoms with Crippen LogP contribution in [0.3, 0.4) is 0 Å². The molecule has 1 fully saturated rings. The number of fused-ring (bicyclic) bond motifs is 1. The summed E-state index contributed by atoms with van der Waals surface area (Å²) in [5.41, 5.74) is 1.38. The second-order valence-electron chi connectivity index (χ2n) is 5.44. The lowest BCUT2D eigenvalue weighted by atomic mass is 9.84. The van der Waals surface area contributed by atoms with Crippen LogP contribution in [0.2, 0.25) is 0 Å². The van der Waals surface area contributed by atoms with Gasteiger partial charge < -0.3 is 9.84 Å². The molecule has 2 nitrogen and oxygen atoms in total. The lowest BCUT2D eigenvalue weighted by molar-refractivity contribution is 0.174. The predicted molar refractivity (Wildman–Crippen MR) is 67.3 cm³/mol. The highest BCUT2D eigenvalue weighted by atomic mass is 16.5. The van der Waals surface area contributed by atoms with Gasteiger partial charge in [0.15, 0.2) is 0 Å². The minimum Gasteiger partial charge on any atom is -0.493 e. The van der Waals surface area contributed by atoms with E-state index < -0.39 is 0 Å². The highest BCUT2D eigenvalue weighted by Crippen LogP contribution is 2.40. The van der Waals surface area contributed by atoms with Gasteiger partial charge >= 0.3 is 0 Å². The Hall–Kier alpha value is -1.02. The van der Waals surface area contributed by atoms with E-state index in [4.69, 9.17) is 4.74 Å². The lowest BCUT2D eigenvalue weighted by Crippen LogP contribution is -2.16. The SMILES string of the molecule is OC1CCC(CC2CCOc3ccccc32)C1. The van der Waals surface area contributed by atoms with Gasteiger partial charge in [0.25, 0.3) is 0 Å². The van der Waals surface area contributed by atoms with Crippen LogP contribution in [0.1, 0.15) is 43.6 Å². The van der Waals surface area contributed by atoms with Crippen molar-refractivity contribution in [2.45, 2.75) is 44.1 Å². The van der Waals surface area contributed by atoms with Crippen LogP contribution >= 0.6 is 0 Å². The van der Waals surface area contributed by atoms with Gasteiger partial charge in [-0.15, -0.1) is 0 Å². The molecule has 3 atom stereocenters. The second-order valence-corrected chi connectivity index (χ2v) is 5.44.